The number of carboxylic acid groups (broad SMARTS) is 1. The summed E-state index contributed by atoms with van der Waals surface area (Å²) < 4.78 is 0. The van der Waals surface area contributed by atoms with E-state index in [0.29, 0.717) is 11.6 Å². The zero-order valence-electron chi connectivity index (χ0n) is 11.5. The Morgan fingerprint density at radius 2 is 1.85 bits per heavy atom. The third kappa shape index (κ3) is 3.03. The quantitative estimate of drug-likeness (QED) is 0.826. The van der Waals surface area contributed by atoms with E-state index in [1.807, 2.05) is 4.90 Å². The molecule has 112 valence electrons. The molecule has 7 heteroatoms. The van der Waals surface area contributed by atoms with Gasteiger partial charge in [0.2, 0.25) is 0 Å². The molecule has 1 saturated carbocycles. The number of piperazine rings is 1. The minimum atomic E-state index is -0.893. The van der Waals surface area contributed by atoms with Crippen LogP contribution in [0.1, 0.15) is 12.8 Å². The van der Waals surface area contributed by atoms with Crippen molar-refractivity contribution < 1.29 is 14.7 Å². The lowest BCUT2D eigenvalue weighted by atomic mass is 10.2. The number of nitrogens with zero attached hydrogens (tertiary/aromatic N) is 3. The summed E-state index contributed by atoms with van der Waals surface area (Å²) >= 11 is 1.52. The van der Waals surface area contributed by atoms with Gasteiger partial charge >= 0.3 is 12.0 Å². The molecule has 3 rings (SSSR count). The Labute approximate surface area is 123 Å². The lowest BCUT2D eigenvalue weighted by molar-refractivity contribution is -0.141. The van der Waals surface area contributed by atoms with Crippen LogP contribution in [0.4, 0.5) is 4.79 Å². The second-order valence-electron chi connectivity index (χ2n) is 5.84. The van der Waals surface area contributed by atoms with E-state index in [9.17, 15) is 9.59 Å². The van der Waals surface area contributed by atoms with Gasteiger partial charge in [-0.1, -0.05) is 0 Å². The zero-order chi connectivity index (χ0) is 14.1. The number of carboxylic acids is 1. The molecule has 6 nitrogen and oxygen atoms in total. The van der Waals surface area contributed by atoms with Crippen molar-refractivity contribution in [3.05, 3.63) is 0 Å². The van der Waals surface area contributed by atoms with Crippen LogP contribution in [-0.4, -0.2) is 82.2 Å². The molecule has 0 spiro atoms. The van der Waals surface area contributed by atoms with Gasteiger partial charge in [0.15, 0.2) is 0 Å². The summed E-state index contributed by atoms with van der Waals surface area (Å²) in [4.78, 5) is 29.3. The summed E-state index contributed by atoms with van der Waals surface area (Å²) in [6, 6.07) is -0.759. The van der Waals surface area contributed by atoms with Crippen molar-refractivity contribution in [2.75, 3.05) is 44.4 Å². The van der Waals surface area contributed by atoms with Gasteiger partial charge in [0, 0.05) is 38.5 Å². The van der Waals surface area contributed by atoms with Gasteiger partial charge in [0.05, 0.1) is 5.88 Å². The highest BCUT2D eigenvalue weighted by Gasteiger charge is 2.37. The van der Waals surface area contributed by atoms with Gasteiger partial charge in [-0.3, -0.25) is 4.90 Å². The van der Waals surface area contributed by atoms with Crippen molar-refractivity contribution in [3.8, 4) is 0 Å². The molecule has 0 aromatic heterocycles. The number of aliphatic carboxylic acids is 1. The third-order valence-electron chi connectivity index (χ3n) is 4.27. The van der Waals surface area contributed by atoms with Crippen molar-refractivity contribution in [1.29, 1.82) is 0 Å². The number of carbonyl (C=O) groups is 2. The van der Waals surface area contributed by atoms with Crippen LogP contribution >= 0.6 is 11.8 Å². The van der Waals surface area contributed by atoms with Gasteiger partial charge in [-0.25, -0.2) is 9.59 Å². The van der Waals surface area contributed by atoms with E-state index in [1.54, 1.807) is 0 Å². The van der Waals surface area contributed by atoms with Gasteiger partial charge in [0.1, 0.15) is 6.04 Å². The van der Waals surface area contributed by atoms with Crippen molar-refractivity contribution in [3.63, 3.8) is 0 Å². The zero-order valence-corrected chi connectivity index (χ0v) is 12.3. The number of rotatable bonds is 3. The highest BCUT2D eigenvalue weighted by Crippen LogP contribution is 2.30. The maximum Gasteiger partial charge on any atom is 0.327 e. The first kappa shape index (κ1) is 14.0. The molecular weight excluding hydrogens is 278 g/mol. The van der Waals surface area contributed by atoms with Crippen LogP contribution in [0.25, 0.3) is 0 Å². The van der Waals surface area contributed by atoms with Gasteiger partial charge in [-0.2, -0.15) is 0 Å². The van der Waals surface area contributed by atoms with Crippen molar-refractivity contribution in [1.82, 2.24) is 14.7 Å². The first-order valence-electron chi connectivity index (χ1n) is 7.23. The molecule has 2 saturated heterocycles. The fourth-order valence-electron chi connectivity index (χ4n) is 2.80. The SMILES string of the molecule is O=C(O)[C@@H]1CSCN1C(=O)N1CCN(CC2CC2)CC1. The van der Waals surface area contributed by atoms with Crippen molar-refractivity contribution in [2.24, 2.45) is 5.92 Å². The van der Waals surface area contributed by atoms with Crippen LogP contribution in [-0.2, 0) is 4.79 Å². The number of amides is 2. The molecular formula is C13H21N3O3S. The molecule has 3 aliphatic rings. The highest BCUT2D eigenvalue weighted by molar-refractivity contribution is 7.99. The standard InChI is InChI=1S/C13H21N3O3S/c17-12(18)11-8-20-9-16(11)13(19)15-5-3-14(4-6-15)7-10-1-2-10/h10-11H,1-9H2,(H,17,18)/t11-/m0/s1. The van der Waals surface area contributed by atoms with Crippen molar-refractivity contribution >= 4 is 23.8 Å². The number of hydrogen-bond donors (Lipinski definition) is 1. The number of urea groups is 1. The Hall–Kier alpha value is -0.950. The Kier molecular flexibility index (Phi) is 4.07. The molecule has 1 atom stereocenters. The predicted molar refractivity (Wildman–Crippen MR) is 76.7 cm³/mol. The second-order valence-corrected chi connectivity index (χ2v) is 6.84. The van der Waals surface area contributed by atoms with E-state index in [0.717, 1.165) is 32.1 Å². The summed E-state index contributed by atoms with van der Waals surface area (Å²) in [5, 5.41) is 9.15. The molecule has 1 aliphatic carbocycles. The Bertz CT molecular complexity index is 394. The highest BCUT2D eigenvalue weighted by atomic mass is 32.2. The van der Waals surface area contributed by atoms with E-state index in [2.05, 4.69) is 4.90 Å². The molecule has 0 bridgehead atoms. The van der Waals surface area contributed by atoms with Gasteiger partial charge in [0.25, 0.3) is 0 Å². The molecule has 1 N–H and O–H groups in total. The molecule has 0 aromatic carbocycles. The molecule has 0 radical (unpaired) electrons. The van der Waals surface area contributed by atoms with Gasteiger partial charge in [-0.15, -0.1) is 11.8 Å². The van der Waals surface area contributed by atoms with E-state index in [4.69, 9.17) is 5.11 Å². The van der Waals surface area contributed by atoms with E-state index < -0.39 is 12.0 Å². The summed E-state index contributed by atoms with van der Waals surface area (Å²) in [5.41, 5.74) is 0. The lowest BCUT2D eigenvalue weighted by Crippen LogP contribution is -2.55. The summed E-state index contributed by atoms with van der Waals surface area (Å²) in [7, 11) is 0. The summed E-state index contributed by atoms with van der Waals surface area (Å²) in [6.07, 6.45) is 2.70. The topological polar surface area (TPSA) is 64.1 Å². The number of hydrogen-bond acceptors (Lipinski definition) is 4. The Balaban J connectivity index is 1.51. The van der Waals surface area contributed by atoms with Gasteiger partial charge < -0.3 is 14.9 Å². The first-order chi connectivity index (χ1) is 9.65. The number of thioether (sulfide) groups is 1. The average molecular weight is 299 g/mol. The first-order valence-corrected chi connectivity index (χ1v) is 8.39. The van der Waals surface area contributed by atoms with Crippen LogP contribution in [0, 0.1) is 5.92 Å². The smallest absolute Gasteiger partial charge is 0.327 e. The monoisotopic (exact) mass is 299 g/mol. The molecule has 3 fully saturated rings. The second kappa shape index (κ2) is 5.81. The molecule has 2 amide bonds. The molecule has 0 unspecified atom stereocenters. The Morgan fingerprint density at radius 3 is 2.45 bits per heavy atom. The summed E-state index contributed by atoms with van der Waals surface area (Å²) in [6.45, 7) is 4.44. The van der Waals surface area contributed by atoms with E-state index >= 15 is 0 Å². The molecule has 2 aliphatic heterocycles. The average Bonchev–Trinajstić information content (AvgIpc) is 3.11. The van der Waals surface area contributed by atoms with Crippen molar-refractivity contribution in [2.45, 2.75) is 18.9 Å². The largest absolute Gasteiger partial charge is 0.480 e. The lowest BCUT2D eigenvalue weighted by Gasteiger charge is -2.37. The van der Waals surface area contributed by atoms with Crippen LogP contribution < -0.4 is 0 Å². The van der Waals surface area contributed by atoms with Crippen LogP contribution in [0.3, 0.4) is 0 Å². The maximum absolute atomic E-state index is 12.4. The van der Waals surface area contributed by atoms with E-state index in [-0.39, 0.29) is 6.03 Å². The van der Waals surface area contributed by atoms with Crippen LogP contribution in [0.2, 0.25) is 0 Å². The predicted octanol–water partition coefficient (Wildman–Crippen LogP) is 0.593. The minimum absolute atomic E-state index is 0.103. The normalized spacial score (nSPS) is 27.9. The van der Waals surface area contributed by atoms with Crippen LogP contribution in [0.15, 0.2) is 0 Å². The van der Waals surface area contributed by atoms with E-state index in [1.165, 1.54) is 36.0 Å². The molecule has 2 heterocycles. The minimum Gasteiger partial charge on any atom is -0.480 e. The maximum atomic E-state index is 12.4. The molecule has 0 aromatic rings. The summed E-state index contributed by atoms with van der Waals surface area (Å²) in [5.74, 6) is 0.986. The Morgan fingerprint density at radius 1 is 1.15 bits per heavy atom. The molecule has 20 heavy (non-hydrogen) atoms. The van der Waals surface area contributed by atoms with Gasteiger partial charge in [-0.05, 0) is 18.8 Å². The fraction of sp³-hybridized carbons (Fsp3) is 0.846. The fourth-order valence-corrected chi connectivity index (χ4v) is 3.94. The third-order valence-corrected chi connectivity index (χ3v) is 5.28. The number of carbonyl (C=O) groups excluding carboxylic acids is 1. The van der Waals surface area contributed by atoms with Crippen LogP contribution in [0.5, 0.6) is 0 Å².